The molecule has 1 aliphatic rings. The highest BCUT2D eigenvalue weighted by Crippen LogP contribution is 2.24. The first kappa shape index (κ1) is 20.1. The van der Waals surface area contributed by atoms with Gasteiger partial charge in [-0.25, -0.2) is 4.98 Å². The van der Waals surface area contributed by atoms with Gasteiger partial charge in [-0.1, -0.05) is 38.5 Å². The van der Waals surface area contributed by atoms with Crippen LogP contribution >= 0.6 is 0 Å². The number of aryl methyl sites for hydroxylation is 1. The molecule has 0 atom stereocenters. The molecule has 1 aromatic carbocycles. The first-order valence-corrected chi connectivity index (χ1v) is 10.3. The van der Waals surface area contributed by atoms with Crippen molar-refractivity contribution in [3.05, 3.63) is 47.0 Å². The summed E-state index contributed by atoms with van der Waals surface area (Å²) >= 11 is 0. The van der Waals surface area contributed by atoms with Crippen LogP contribution in [0.2, 0.25) is 0 Å². The van der Waals surface area contributed by atoms with Gasteiger partial charge in [0.15, 0.2) is 11.5 Å². The van der Waals surface area contributed by atoms with Gasteiger partial charge in [0.1, 0.15) is 0 Å². The average molecular weight is 383 g/mol. The number of hydrogen-bond acceptors (Lipinski definition) is 3. The fourth-order valence-corrected chi connectivity index (χ4v) is 3.69. The largest absolute Gasteiger partial charge is 0.339 e. The lowest BCUT2D eigenvalue weighted by atomic mass is 10.1. The van der Waals surface area contributed by atoms with Gasteiger partial charge in [0.25, 0.3) is 11.8 Å². The third kappa shape index (κ3) is 4.11. The number of carbonyl (C=O) groups excluding carboxylic acids is 2. The lowest BCUT2D eigenvalue weighted by molar-refractivity contribution is 0.0775. The molecular formula is C22H30N4O2. The predicted molar refractivity (Wildman–Crippen MR) is 111 cm³/mol. The quantitative estimate of drug-likeness (QED) is 0.789. The Morgan fingerprint density at radius 1 is 1.21 bits per heavy atom. The molecule has 150 valence electrons. The fourth-order valence-electron chi connectivity index (χ4n) is 3.69. The van der Waals surface area contributed by atoms with E-state index in [0.29, 0.717) is 18.1 Å². The van der Waals surface area contributed by atoms with Crippen LogP contribution in [-0.4, -0.2) is 39.9 Å². The van der Waals surface area contributed by atoms with E-state index < -0.39 is 0 Å². The van der Waals surface area contributed by atoms with Crippen LogP contribution in [0.25, 0.3) is 0 Å². The van der Waals surface area contributed by atoms with Gasteiger partial charge < -0.3 is 14.8 Å². The highest BCUT2D eigenvalue weighted by molar-refractivity contribution is 6.05. The number of fused-ring (bicyclic) bond motifs is 1. The zero-order valence-corrected chi connectivity index (χ0v) is 17.1. The van der Waals surface area contributed by atoms with Crippen molar-refractivity contribution in [2.75, 3.05) is 18.9 Å². The second-order valence-electron chi connectivity index (χ2n) is 7.38. The van der Waals surface area contributed by atoms with Crippen molar-refractivity contribution in [3.8, 4) is 0 Å². The number of unbranched alkanes of at least 4 members (excludes halogenated alkanes) is 1. The van der Waals surface area contributed by atoms with E-state index in [1.807, 2.05) is 28.8 Å². The Labute approximate surface area is 166 Å². The third-order valence-electron chi connectivity index (χ3n) is 5.36. The van der Waals surface area contributed by atoms with Crippen molar-refractivity contribution in [2.45, 2.75) is 58.9 Å². The molecule has 6 heteroatoms. The van der Waals surface area contributed by atoms with E-state index in [1.54, 1.807) is 11.9 Å². The Hall–Kier alpha value is -2.63. The van der Waals surface area contributed by atoms with Gasteiger partial charge in [-0.05, 0) is 43.7 Å². The Balaban J connectivity index is 1.90. The molecular weight excluding hydrogens is 352 g/mol. The summed E-state index contributed by atoms with van der Waals surface area (Å²) in [7, 11) is 1.81. The van der Waals surface area contributed by atoms with Crippen molar-refractivity contribution in [1.29, 1.82) is 0 Å². The number of rotatable bonds is 7. The van der Waals surface area contributed by atoms with Gasteiger partial charge in [-0.3, -0.25) is 9.59 Å². The molecule has 2 amide bonds. The number of aromatic nitrogens is 2. The summed E-state index contributed by atoms with van der Waals surface area (Å²) in [4.78, 5) is 32.2. The van der Waals surface area contributed by atoms with Crippen LogP contribution in [-0.2, 0) is 19.4 Å². The normalized spacial score (nSPS) is 13.1. The molecule has 0 radical (unpaired) electrons. The molecule has 28 heavy (non-hydrogen) atoms. The van der Waals surface area contributed by atoms with Gasteiger partial charge in [0, 0.05) is 25.8 Å². The summed E-state index contributed by atoms with van der Waals surface area (Å²) in [5.41, 5.74) is 3.16. The van der Waals surface area contributed by atoms with Gasteiger partial charge in [0.2, 0.25) is 0 Å². The van der Waals surface area contributed by atoms with Crippen molar-refractivity contribution >= 4 is 17.5 Å². The molecule has 0 saturated heterocycles. The van der Waals surface area contributed by atoms with Gasteiger partial charge in [0.05, 0.1) is 5.69 Å². The van der Waals surface area contributed by atoms with E-state index in [-0.39, 0.29) is 11.8 Å². The molecule has 6 nitrogen and oxygen atoms in total. The smallest absolute Gasteiger partial charge is 0.289 e. The maximum atomic E-state index is 13.0. The molecule has 1 aliphatic heterocycles. The van der Waals surface area contributed by atoms with E-state index in [2.05, 4.69) is 24.1 Å². The summed E-state index contributed by atoms with van der Waals surface area (Å²) < 4.78 is 1.95. The summed E-state index contributed by atoms with van der Waals surface area (Å²) in [6.45, 7) is 5.60. The van der Waals surface area contributed by atoms with Crippen LogP contribution < -0.4 is 5.32 Å². The van der Waals surface area contributed by atoms with Crippen molar-refractivity contribution in [2.24, 2.45) is 0 Å². The number of nitrogens with zero attached hydrogens (tertiary/aromatic N) is 3. The van der Waals surface area contributed by atoms with Crippen LogP contribution in [0.4, 0.5) is 5.69 Å². The maximum Gasteiger partial charge on any atom is 0.289 e. The monoisotopic (exact) mass is 382 g/mol. The van der Waals surface area contributed by atoms with E-state index in [4.69, 9.17) is 0 Å². The third-order valence-corrected chi connectivity index (χ3v) is 5.36. The minimum Gasteiger partial charge on any atom is -0.339 e. The number of hydrogen-bond donors (Lipinski definition) is 1. The number of imidazole rings is 1. The average Bonchev–Trinajstić information content (AvgIpc) is 3.11. The minimum absolute atomic E-state index is 0.107. The van der Waals surface area contributed by atoms with Crippen LogP contribution in [0, 0.1) is 0 Å². The first-order valence-electron chi connectivity index (χ1n) is 10.3. The highest BCUT2D eigenvalue weighted by atomic mass is 16.2. The van der Waals surface area contributed by atoms with E-state index in [1.165, 1.54) is 0 Å². The molecule has 0 fully saturated rings. The molecule has 1 aromatic heterocycles. The number of carbonyl (C=O) groups is 2. The number of para-hydroxylation sites is 1. The highest BCUT2D eigenvalue weighted by Gasteiger charge is 2.29. The Morgan fingerprint density at radius 2 is 2.00 bits per heavy atom. The number of anilines is 1. The lowest BCUT2D eigenvalue weighted by Crippen LogP contribution is -2.31. The molecule has 0 unspecified atom stereocenters. The molecule has 3 rings (SSSR count). The van der Waals surface area contributed by atoms with Gasteiger partial charge in [-0.2, -0.15) is 0 Å². The molecule has 0 aliphatic carbocycles. The minimum atomic E-state index is -0.234. The summed E-state index contributed by atoms with van der Waals surface area (Å²) in [5.74, 6) is 0.0497. The maximum absolute atomic E-state index is 13.0. The first-order chi connectivity index (χ1) is 13.6. The molecule has 0 bridgehead atoms. The summed E-state index contributed by atoms with van der Waals surface area (Å²) in [6, 6.07) is 7.80. The van der Waals surface area contributed by atoms with Crippen molar-refractivity contribution in [3.63, 3.8) is 0 Å². The predicted octanol–water partition coefficient (Wildman–Crippen LogP) is 3.91. The van der Waals surface area contributed by atoms with Crippen LogP contribution in [0.3, 0.4) is 0 Å². The summed E-state index contributed by atoms with van der Waals surface area (Å²) in [5, 5.41) is 3.00. The zero-order chi connectivity index (χ0) is 20.1. The molecule has 2 aromatic rings. The number of nitrogens with one attached hydrogen (secondary N) is 1. The molecule has 2 heterocycles. The van der Waals surface area contributed by atoms with Crippen LogP contribution in [0.15, 0.2) is 24.3 Å². The number of benzene rings is 1. The second-order valence-corrected chi connectivity index (χ2v) is 7.38. The van der Waals surface area contributed by atoms with Crippen molar-refractivity contribution < 1.29 is 9.59 Å². The summed E-state index contributed by atoms with van der Waals surface area (Å²) in [6.07, 6.45) is 5.61. The van der Waals surface area contributed by atoms with Crippen molar-refractivity contribution in [1.82, 2.24) is 14.5 Å². The van der Waals surface area contributed by atoms with Crippen LogP contribution in [0.5, 0.6) is 0 Å². The SMILES string of the molecule is CCCCN(C)C(=O)c1nc(C(=O)Nc2ccccc2CC)c2n1CCCC2. The van der Waals surface area contributed by atoms with Crippen LogP contribution in [0.1, 0.15) is 71.9 Å². The Morgan fingerprint density at radius 3 is 2.75 bits per heavy atom. The fraction of sp³-hybridized carbons (Fsp3) is 0.500. The Bertz CT molecular complexity index is 856. The van der Waals surface area contributed by atoms with Gasteiger partial charge in [-0.15, -0.1) is 0 Å². The molecule has 0 saturated carbocycles. The number of amides is 2. The zero-order valence-electron chi connectivity index (χ0n) is 17.1. The molecule has 0 spiro atoms. The van der Waals surface area contributed by atoms with E-state index in [9.17, 15) is 9.59 Å². The topological polar surface area (TPSA) is 67.2 Å². The standard InChI is InChI=1S/C22H30N4O2/c1-4-6-14-25(3)22(28)20-24-19(18-13-9-10-15-26(18)20)21(27)23-17-12-8-7-11-16(17)5-2/h7-8,11-12H,4-6,9-10,13-15H2,1-3H3,(H,23,27). The van der Waals surface area contributed by atoms with E-state index in [0.717, 1.165) is 62.0 Å². The van der Waals surface area contributed by atoms with E-state index >= 15 is 0 Å². The lowest BCUT2D eigenvalue weighted by Gasteiger charge is -2.20. The van der Waals surface area contributed by atoms with Gasteiger partial charge >= 0.3 is 0 Å². The molecule has 1 N–H and O–H groups in total. The Kier molecular flexibility index (Phi) is 6.49. The second kappa shape index (κ2) is 9.04.